The van der Waals surface area contributed by atoms with Gasteiger partial charge in [0.15, 0.2) is 0 Å². The smallest absolute Gasteiger partial charge is 0.303 e. The van der Waals surface area contributed by atoms with Crippen LogP contribution in [0.1, 0.15) is 24.8 Å². The summed E-state index contributed by atoms with van der Waals surface area (Å²) in [7, 11) is -3.44. The molecule has 20 heavy (non-hydrogen) atoms. The molecule has 110 valence electrons. The van der Waals surface area contributed by atoms with E-state index in [-0.39, 0.29) is 12.3 Å². The van der Waals surface area contributed by atoms with Gasteiger partial charge in [0.05, 0.1) is 4.90 Å². The lowest BCUT2D eigenvalue weighted by Gasteiger charge is -2.16. The van der Waals surface area contributed by atoms with Gasteiger partial charge in [-0.3, -0.25) is 4.79 Å². The van der Waals surface area contributed by atoms with Gasteiger partial charge in [-0.1, -0.05) is 17.7 Å². The minimum atomic E-state index is -3.44. The highest BCUT2D eigenvalue weighted by atomic mass is 32.2. The van der Waals surface area contributed by atoms with Crippen molar-refractivity contribution in [1.29, 1.82) is 0 Å². The molecule has 0 bridgehead atoms. The largest absolute Gasteiger partial charge is 0.481 e. The van der Waals surface area contributed by atoms with E-state index in [9.17, 15) is 13.2 Å². The van der Waals surface area contributed by atoms with Crippen molar-refractivity contribution < 1.29 is 18.3 Å². The third-order valence-electron chi connectivity index (χ3n) is 3.67. The summed E-state index contributed by atoms with van der Waals surface area (Å²) in [5.41, 5.74) is 1.02. The second-order valence-corrected chi connectivity index (χ2v) is 7.20. The van der Waals surface area contributed by atoms with E-state index in [2.05, 4.69) is 0 Å². The second kappa shape index (κ2) is 5.93. The highest BCUT2D eigenvalue weighted by Crippen LogP contribution is 2.27. The van der Waals surface area contributed by atoms with E-state index in [1.54, 1.807) is 24.3 Å². The van der Waals surface area contributed by atoms with E-state index in [1.807, 2.05) is 6.92 Å². The van der Waals surface area contributed by atoms with Crippen LogP contribution >= 0.6 is 0 Å². The van der Waals surface area contributed by atoms with Crippen LogP contribution in [0.15, 0.2) is 29.2 Å². The molecule has 0 aromatic heterocycles. The number of hydrogen-bond donors (Lipinski definition) is 1. The van der Waals surface area contributed by atoms with Gasteiger partial charge < -0.3 is 5.11 Å². The molecule has 0 radical (unpaired) electrons. The molecule has 0 amide bonds. The number of sulfonamides is 1. The van der Waals surface area contributed by atoms with Gasteiger partial charge >= 0.3 is 5.97 Å². The van der Waals surface area contributed by atoms with E-state index in [1.165, 1.54) is 4.31 Å². The predicted octanol–water partition coefficient (Wildman–Crippen LogP) is 1.87. The molecule has 1 aromatic carbocycles. The number of carboxylic acid groups (broad SMARTS) is 1. The molecule has 0 spiro atoms. The highest BCUT2D eigenvalue weighted by Gasteiger charge is 2.32. The van der Waals surface area contributed by atoms with Crippen molar-refractivity contribution in [3.63, 3.8) is 0 Å². The minimum Gasteiger partial charge on any atom is -0.481 e. The fraction of sp³-hybridized carbons (Fsp3) is 0.500. The van der Waals surface area contributed by atoms with Crippen molar-refractivity contribution >= 4 is 16.0 Å². The number of rotatable bonds is 5. The van der Waals surface area contributed by atoms with E-state index in [0.717, 1.165) is 12.0 Å². The monoisotopic (exact) mass is 297 g/mol. The molecule has 0 aliphatic carbocycles. The Morgan fingerprint density at radius 2 is 2.00 bits per heavy atom. The fourth-order valence-corrected chi connectivity index (χ4v) is 3.97. The third kappa shape index (κ3) is 3.37. The van der Waals surface area contributed by atoms with Crippen LogP contribution in [0.25, 0.3) is 0 Å². The van der Waals surface area contributed by atoms with Crippen molar-refractivity contribution in [2.45, 2.75) is 31.1 Å². The molecule has 1 fully saturated rings. The van der Waals surface area contributed by atoms with E-state index >= 15 is 0 Å². The molecule has 6 heteroatoms. The van der Waals surface area contributed by atoms with Crippen molar-refractivity contribution in [2.75, 3.05) is 13.1 Å². The Kier molecular flexibility index (Phi) is 4.45. The van der Waals surface area contributed by atoms with Gasteiger partial charge in [-0.05, 0) is 37.8 Å². The maximum atomic E-state index is 12.4. The van der Waals surface area contributed by atoms with Gasteiger partial charge in [0.2, 0.25) is 10.0 Å². The summed E-state index contributed by atoms with van der Waals surface area (Å²) in [4.78, 5) is 10.9. The van der Waals surface area contributed by atoms with Gasteiger partial charge in [0.25, 0.3) is 0 Å². The van der Waals surface area contributed by atoms with Gasteiger partial charge in [-0.15, -0.1) is 0 Å². The number of aliphatic carboxylic acids is 1. The third-order valence-corrected chi connectivity index (χ3v) is 5.55. The van der Waals surface area contributed by atoms with Crippen LogP contribution in [-0.4, -0.2) is 36.9 Å². The van der Waals surface area contributed by atoms with E-state index in [0.29, 0.717) is 24.4 Å². The van der Waals surface area contributed by atoms with Crippen molar-refractivity contribution in [3.8, 4) is 0 Å². The van der Waals surface area contributed by atoms with Crippen molar-refractivity contribution in [3.05, 3.63) is 29.8 Å². The molecule has 1 saturated heterocycles. The molecule has 1 aliphatic rings. The van der Waals surface area contributed by atoms with Crippen LogP contribution in [0.3, 0.4) is 0 Å². The number of nitrogens with zero attached hydrogens (tertiary/aromatic N) is 1. The summed E-state index contributed by atoms with van der Waals surface area (Å²) in [6.07, 6.45) is 1.37. The first-order valence-electron chi connectivity index (χ1n) is 6.68. The molecular formula is C14H19NO4S. The Labute approximate surface area is 119 Å². The van der Waals surface area contributed by atoms with Gasteiger partial charge in [-0.2, -0.15) is 4.31 Å². The SMILES string of the molecule is Cc1ccc(S(=O)(=O)N2CCC(CCC(=O)O)C2)cc1. The molecule has 2 rings (SSSR count). The van der Waals surface area contributed by atoms with Gasteiger partial charge in [0, 0.05) is 19.5 Å². The Bertz CT molecular complexity index is 580. The minimum absolute atomic E-state index is 0.100. The zero-order chi connectivity index (χ0) is 14.8. The lowest BCUT2D eigenvalue weighted by molar-refractivity contribution is -0.137. The highest BCUT2D eigenvalue weighted by molar-refractivity contribution is 7.89. The molecule has 1 aliphatic heterocycles. The topological polar surface area (TPSA) is 74.7 Å². The molecule has 1 N–H and O–H groups in total. The number of hydrogen-bond acceptors (Lipinski definition) is 3. The van der Waals surface area contributed by atoms with Gasteiger partial charge in [0.1, 0.15) is 0 Å². The van der Waals surface area contributed by atoms with Crippen molar-refractivity contribution in [1.82, 2.24) is 4.31 Å². The number of carbonyl (C=O) groups is 1. The Hall–Kier alpha value is -1.40. The second-order valence-electron chi connectivity index (χ2n) is 5.26. The van der Waals surface area contributed by atoms with E-state index in [4.69, 9.17) is 5.11 Å². The number of aryl methyl sites for hydroxylation is 1. The van der Waals surface area contributed by atoms with E-state index < -0.39 is 16.0 Å². The molecule has 1 atom stereocenters. The standard InChI is InChI=1S/C14H19NO4S/c1-11-2-5-13(6-3-11)20(18,19)15-9-8-12(10-15)4-7-14(16)17/h2-3,5-6,12H,4,7-10H2,1H3,(H,16,17). The maximum absolute atomic E-state index is 12.4. The summed E-state index contributed by atoms with van der Waals surface area (Å²) in [6, 6.07) is 6.81. The summed E-state index contributed by atoms with van der Waals surface area (Å²) in [5.74, 6) is -0.684. The quantitative estimate of drug-likeness (QED) is 0.900. The van der Waals surface area contributed by atoms with Crippen LogP contribution in [-0.2, 0) is 14.8 Å². The molecular weight excluding hydrogens is 278 g/mol. The molecule has 1 aromatic rings. The molecule has 0 saturated carbocycles. The summed E-state index contributed by atoms with van der Waals surface area (Å²) in [5, 5.41) is 8.67. The first-order chi connectivity index (χ1) is 9.39. The zero-order valence-corrected chi connectivity index (χ0v) is 12.3. The molecule has 1 unspecified atom stereocenters. The van der Waals surface area contributed by atoms with Crippen LogP contribution in [0.2, 0.25) is 0 Å². The number of carboxylic acids is 1. The van der Waals surface area contributed by atoms with Crippen LogP contribution in [0.4, 0.5) is 0 Å². The number of benzene rings is 1. The van der Waals surface area contributed by atoms with Gasteiger partial charge in [-0.25, -0.2) is 8.42 Å². The molecule has 5 nitrogen and oxygen atoms in total. The Morgan fingerprint density at radius 1 is 1.35 bits per heavy atom. The predicted molar refractivity (Wildman–Crippen MR) is 74.9 cm³/mol. The van der Waals surface area contributed by atoms with Crippen molar-refractivity contribution in [2.24, 2.45) is 5.92 Å². The fourth-order valence-electron chi connectivity index (χ4n) is 2.44. The Balaban J connectivity index is 2.05. The van der Waals surface area contributed by atoms with Crippen LogP contribution in [0, 0.1) is 12.8 Å². The summed E-state index contributed by atoms with van der Waals surface area (Å²) >= 11 is 0. The first-order valence-corrected chi connectivity index (χ1v) is 8.12. The lowest BCUT2D eigenvalue weighted by Crippen LogP contribution is -2.29. The summed E-state index contributed by atoms with van der Waals surface area (Å²) < 4.78 is 26.3. The first kappa shape index (κ1) is 15.0. The lowest BCUT2D eigenvalue weighted by atomic mass is 10.0. The maximum Gasteiger partial charge on any atom is 0.303 e. The van der Waals surface area contributed by atoms with Crippen LogP contribution in [0.5, 0.6) is 0 Å². The normalized spacial score (nSPS) is 20.1. The average Bonchev–Trinajstić information content (AvgIpc) is 2.86. The summed E-state index contributed by atoms with van der Waals surface area (Å²) in [6.45, 7) is 2.80. The van der Waals surface area contributed by atoms with Crippen LogP contribution < -0.4 is 0 Å². The average molecular weight is 297 g/mol. The molecule has 1 heterocycles. The Morgan fingerprint density at radius 3 is 2.60 bits per heavy atom. The zero-order valence-electron chi connectivity index (χ0n) is 11.4.